The number of carbonyl (C=O) groups is 1. The smallest absolute Gasteiger partial charge is 0.274 e. The topological polar surface area (TPSA) is 101 Å². The van der Waals surface area contributed by atoms with Gasteiger partial charge in [0, 0.05) is 17.8 Å². The summed E-state index contributed by atoms with van der Waals surface area (Å²) < 4.78 is 0.546. The molecule has 0 aliphatic heterocycles. The fraction of sp³-hybridized carbons (Fsp3) is 0.0909. The zero-order valence-electron chi connectivity index (χ0n) is 9.81. The molecule has 0 atom stereocenters. The van der Waals surface area contributed by atoms with E-state index in [1.54, 1.807) is 6.92 Å². The first-order valence-electron chi connectivity index (χ1n) is 5.24. The Balaban J connectivity index is 2.23. The van der Waals surface area contributed by atoms with E-state index in [9.17, 15) is 14.9 Å². The summed E-state index contributed by atoms with van der Waals surface area (Å²) in [5, 5.41) is 19.6. The second-order valence-electron chi connectivity index (χ2n) is 3.80. The molecule has 8 heteroatoms. The van der Waals surface area contributed by atoms with Crippen LogP contribution in [0.25, 0.3) is 0 Å². The first-order chi connectivity index (χ1) is 8.99. The number of nitrogens with zero attached hydrogens (tertiary/aromatic N) is 2. The second-order valence-corrected chi connectivity index (χ2v) is 4.66. The number of rotatable bonds is 3. The molecule has 0 saturated heterocycles. The summed E-state index contributed by atoms with van der Waals surface area (Å²) in [6.07, 6.45) is 1.47. The predicted molar refractivity (Wildman–Crippen MR) is 72.1 cm³/mol. The number of nitrogens with one attached hydrogen (secondary N) is 2. The minimum absolute atomic E-state index is 0.0155. The summed E-state index contributed by atoms with van der Waals surface area (Å²) in [4.78, 5) is 22.1. The summed E-state index contributed by atoms with van der Waals surface area (Å²) in [5.74, 6) is -0.374. The quantitative estimate of drug-likeness (QED) is 0.669. The molecule has 0 unspecified atom stereocenters. The SMILES string of the molecule is Cc1cc([N+](=O)[O-])ccc1NC(=O)c1[nH]ncc1Br. The molecule has 2 aromatic rings. The van der Waals surface area contributed by atoms with Gasteiger partial charge in [0.05, 0.1) is 15.6 Å². The predicted octanol–water partition coefficient (Wildman–Crippen LogP) is 2.64. The molecule has 1 heterocycles. The standard InChI is InChI=1S/C11H9BrN4O3/c1-6-4-7(16(18)19)2-3-9(6)14-11(17)10-8(12)5-13-15-10/h2-5H,1H3,(H,13,15)(H,14,17). The van der Waals surface area contributed by atoms with Gasteiger partial charge in [-0.1, -0.05) is 0 Å². The van der Waals surface area contributed by atoms with Crippen LogP contribution >= 0.6 is 15.9 Å². The number of non-ortho nitro benzene ring substituents is 1. The number of halogens is 1. The second kappa shape index (κ2) is 5.19. The molecular formula is C11H9BrN4O3. The van der Waals surface area contributed by atoms with Crippen LogP contribution < -0.4 is 5.32 Å². The number of aromatic nitrogens is 2. The molecule has 0 aliphatic rings. The minimum atomic E-state index is -0.482. The van der Waals surface area contributed by atoms with E-state index in [0.717, 1.165) is 0 Å². The average Bonchev–Trinajstić information content (AvgIpc) is 2.77. The van der Waals surface area contributed by atoms with E-state index in [-0.39, 0.29) is 17.3 Å². The van der Waals surface area contributed by atoms with Crippen LogP contribution in [-0.2, 0) is 0 Å². The van der Waals surface area contributed by atoms with Gasteiger partial charge in [0.2, 0.25) is 0 Å². The van der Waals surface area contributed by atoms with Crippen LogP contribution in [0, 0.1) is 17.0 Å². The minimum Gasteiger partial charge on any atom is -0.320 e. The lowest BCUT2D eigenvalue weighted by atomic mass is 10.1. The van der Waals surface area contributed by atoms with Gasteiger partial charge in [-0.05, 0) is 34.5 Å². The Morgan fingerprint density at radius 1 is 1.53 bits per heavy atom. The molecule has 0 bridgehead atoms. The number of benzene rings is 1. The lowest BCUT2D eigenvalue weighted by Crippen LogP contribution is -2.14. The average molecular weight is 325 g/mol. The number of carbonyl (C=O) groups excluding carboxylic acids is 1. The molecule has 0 fully saturated rings. The summed E-state index contributed by atoms with van der Waals surface area (Å²) in [6.45, 7) is 1.69. The van der Waals surface area contributed by atoms with Crippen molar-refractivity contribution in [3.63, 3.8) is 0 Å². The third kappa shape index (κ3) is 2.79. The first-order valence-corrected chi connectivity index (χ1v) is 6.03. The van der Waals surface area contributed by atoms with Crippen molar-refractivity contribution in [2.45, 2.75) is 6.92 Å². The number of hydrogen-bond acceptors (Lipinski definition) is 4. The van der Waals surface area contributed by atoms with E-state index in [1.165, 1.54) is 24.4 Å². The number of nitro benzene ring substituents is 1. The van der Waals surface area contributed by atoms with Crippen LogP contribution in [-0.4, -0.2) is 21.0 Å². The summed E-state index contributed by atoms with van der Waals surface area (Å²) in [6, 6.07) is 4.23. The third-order valence-corrected chi connectivity index (χ3v) is 3.09. The van der Waals surface area contributed by atoms with E-state index in [2.05, 4.69) is 31.4 Å². The maximum Gasteiger partial charge on any atom is 0.274 e. The van der Waals surface area contributed by atoms with Crippen molar-refractivity contribution < 1.29 is 9.72 Å². The van der Waals surface area contributed by atoms with Crippen LogP contribution in [0.1, 0.15) is 16.1 Å². The van der Waals surface area contributed by atoms with E-state index in [1.807, 2.05) is 0 Å². The number of hydrogen-bond donors (Lipinski definition) is 2. The van der Waals surface area contributed by atoms with E-state index in [4.69, 9.17) is 0 Å². The highest BCUT2D eigenvalue weighted by Gasteiger charge is 2.14. The molecule has 0 spiro atoms. The highest BCUT2D eigenvalue weighted by atomic mass is 79.9. The zero-order valence-corrected chi connectivity index (χ0v) is 11.4. The van der Waals surface area contributed by atoms with Crippen molar-refractivity contribution in [1.82, 2.24) is 10.2 Å². The number of H-pyrrole nitrogens is 1. The van der Waals surface area contributed by atoms with Gasteiger partial charge < -0.3 is 5.32 Å². The Kier molecular flexibility index (Phi) is 3.61. The number of anilines is 1. The summed E-state index contributed by atoms with van der Waals surface area (Å²) in [5.41, 5.74) is 1.39. The molecule has 7 nitrogen and oxygen atoms in total. The molecule has 0 aliphatic carbocycles. The summed E-state index contributed by atoms with van der Waals surface area (Å²) >= 11 is 3.19. The molecule has 98 valence electrons. The molecular weight excluding hydrogens is 316 g/mol. The molecule has 0 saturated carbocycles. The highest BCUT2D eigenvalue weighted by Crippen LogP contribution is 2.22. The fourth-order valence-corrected chi connectivity index (χ4v) is 1.89. The van der Waals surface area contributed by atoms with Gasteiger partial charge in [0.1, 0.15) is 5.69 Å². The Morgan fingerprint density at radius 2 is 2.26 bits per heavy atom. The maximum absolute atomic E-state index is 11.9. The van der Waals surface area contributed by atoms with Crippen molar-refractivity contribution in [3.05, 3.63) is 50.2 Å². The molecule has 1 aromatic carbocycles. The van der Waals surface area contributed by atoms with E-state index >= 15 is 0 Å². The van der Waals surface area contributed by atoms with Gasteiger partial charge >= 0.3 is 0 Å². The summed E-state index contributed by atoms with van der Waals surface area (Å²) in [7, 11) is 0. The highest BCUT2D eigenvalue weighted by molar-refractivity contribution is 9.10. The van der Waals surface area contributed by atoms with Crippen molar-refractivity contribution in [1.29, 1.82) is 0 Å². The fourth-order valence-electron chi connectivity index (χ4n) is 1.52. The van der Waals surface area contributed by atoms with Crippen molar-refractivity contribution in [2.24, 2.45) is 0 Å². The van der Waals surface area contributed by atoms with Crippen LogP contribution in [0.4, 0.5) is 11.4 Å². The van der Waals surface area contributed by atoms with Crippen LogP contribution in [0.15, 0.2) is 28.9 Å². The third-order valence-electron chi connectivity index (χ3n) is 2.49. The Bertz CT molecular complexity index is 653. The van der Waals surface area contributed by atoms with Crippen molar-refractivity contribution >= 4 is 33.2 Å². The van der Waals surface area contributed by atoms with Gasteiger partial charge in [-0.15, -0.1) is 0 Å². The lowest BCUT2D eigenvalue weighted by molar-refractivity contribution is -0.384. The molecule has 2 N–H and O–H groups in total. The van der Waals surface area contributed by atoms with Gasteiger partial charge in [-0.3, -0.25) is 20.0 Å². The molecule has 2 rings (SSSR count). The lowest BCUT2D eigenvalue weighted by Gasteiger charge is -2.07. The molecule has 1 amide bonds. The van der Waals surface area contributed by atoms with Crippen LogP contribution in [0.2, 0.25) is 0 Å². The Morgan fingerprint density at radius 3 is 2.79 bits per heavy atom. The Labute approximate surface area is 116 Å². The van der Waals surface area contributed by atoms with Crippen molar-refractivity contribution in [3.8, 4) is 0 Å². The number of aromatic amines is 1. The van der Waals surface area contributed by atoms with Gasteiger partial charge in [-0.2, -0.15) is 5.10 Å². The molecule has 1 aromatic heterocycles. The van der Waals surface area contributed by atoms with Gasteiger partial charge in [0.25, 0.3) is 11.6 Å². The normalized spacial score (nSPS) is 10.2. The monoisotopic (exact) mass is 324 g/mol. The number of nitro groups is 1. The van der Waals surface area contributed by atoms with Gasteiger partial charge in [0.15, 0.2) is 0 Å². The maximum atomic E-state index is 11.9. The largest absolute Gasteiger partial charge is 0.320 e. The van der Waals surface area contributed by atoms with Crippen molar-refractivity contribution in [2.75, 3.05) is 5.32 Å². The van der Waals surface area contributed by atoms with E-state index in [0.29, 0.717) is 15.7 Å². The van der Waals surface area contributed by atoms with Gasteiger partial charge in [-0.25, -0.2) is 0 Å². The zero-order chi connectivity index (χ0) is 14.0. The van der Waals surface area contributed by atoms with Crippen LogP contribution in [0.3, 0.4) is 0 Å². The number of aryl methyl sites for hydroxylation is 1. The Hall–Kier alpha value is -2.22. The van der Waals surface area contributed by atoms with Crippen LogP contribution in [0.5, 0.6) is 0 Å². The molecule has 0 radical (unpaired) electrons. The molecule has 19 heavy (non-hydrogen) atoms. The first kappa shape index (κ1) is 13.2. The van der Waals surface area contributed by atoms with E-state index < -0.39 is 4.92 Å². The number of amides is 1.